The topological polar surface area (TPSA) is 60.2 Å². The molecule has 3 nitrogen and oxygen atoms in total. The van der Waals surface area contributed by atoms with E-state index in [0.29, 0.717) is 4.90 Å². The molecule has 0 aliphatic rings. The maximum atomic E-state index is 11.9. The molecule has 1 rings (SSSR count). The van der Waals surface area contributed by atoms with Crippen LogP contribution in [0.2, 0.25) is 0 Å². The van der Waals surface area contributed by atoms with E-state index in [4.69, 9.17) is 5.73 Å². The Bertz CT molecular complexity index is 440. The Hall–Kier alpha value is -0.870. The molecule has 0 aromatic heterocycles. The summed E-state index contributed by atoms with van der Waals surface area (Å²) in [4.78, 5) is 0.443. The Kier molecular flexibility index (Phi) is 3.52. The fourth-order valence-electron chi connectivity index (χ4n) is 1.91. The summed E-state index contributed by atoms with van der Waals surface area (Å²) in [5.41, 5.74) is 8.00. The van der Waals surface area contributed by atoms with Gasteiger partial charge in [-0.3, -0.25) is 0 Å². The van der Waals surface area contributed by atoms with E-state index in [1.165, 1.54) is 0 Å². The summed E-state index contributed by atoms with van der Waals surface area (Å²) in [6.45, 7) is 5.77. The quantitative estimate of drug-likeness (QED) is 0.847. The lowest BCUT2D eigenvalue weighted by Crippen LogP contribution is -2.17. The maximum absolute atomic E-state index is 11.9. The van der Waals surface area contributed by atoms with Crippen LogP contribution in [-0.4, -0.2) is 20.7 Å². The van der Waals surface area contributed by atoms with Crippen LogP contribution >= 0.6 is 0 Å². The zero-order valence-electron chi connectivity index (χ0n) is 9.37. The van der Waals surface area contributed by atoms with E-state index in [1.54, 1.807) is 0 Å². The van der Waals surface area contributed by atoms with Crippen molar-refractivity contribution in [1.82, 2.24) is 0 Å². The third kappa shape index (κ3) is 2.58. The van der Waals surface area contributed by atoms with E-state index in [1.807, 2.05) is 32.9 Å². The number of aryl methyl sites for hydroxylation is 3. The van der Waals surface area contributed by atoms with Gasteiger partial charge in [0.1, 0.15) is 0 Å². The minimum atomic E-state index is -3.21. The van der Waals surface area contributed by atoms with Crippen molar-refractivity contribution in [1.29, 1.82) is 0 Å². The molecule has 0 aliphatic carbocycles. The summed E-state index contributed by atoms with van der Waals surface area (Å²) < 4.78 is 23.8. The maximum Gasteiger partial charge on any atom is 0.180 e. The van der Waals surface area contributed by atoms with E-state index in [-0.39, 0.29) is 12.3 Å². The van der Waals surface area contributed by atoms with Gasteiger partial charge in [-0.25, -0.2) is 8.42 Å². The molecule has 15 heavy (non-hydrogen) atoms. The molecular weight excluding hydrogens is 210 g/mol. The standard InChI is InChI=1S/C11H17NO2S/c1-8-6-9(2)11(10(3)7-8)15(13,14)5-4-12/h6-7H,4-5,12H2,1-3H3. The minimum Gasteiger partial charge on any atom is -0.329 e. The first-order chi connectivity index (χ1) is 6.88. The predicted octanol–water partition coefficient (Wildman–Crippen LogP) is 1.34. The fraction of sp³-hybridized carbons (Fsp3) is 0.455. The van der Waals surface area contributed by atoms with Crippen LogP contribution in [0.1, 0.15) is 16.7 Å². The van der Waals surface area contributed by atoms with Crippen LogP contribution in [0.5, 0.6) is 0 Å². The van der Waals surface area contributed by atoms with Gasteiger partial charge >= 0.3 is 0 Å². The van der Waals surface area contributed by atoms with Gasteiger partial charge in [0.2, 0.25) is 0 Å². The normalized spacial score (nSPS) is 11.7. The summed E-state index contributed by atoms with van der Waals surface area (Å²) in [7, 11) is -3.21. The van der Waals surface area contributed by atoms with Crippen molar-refractivity contribution in [3.8, 4) is 0 Å². The van der Waals surface area contributed by atoms with Gasteiger partial charge in [0, 0.05) is 6.54 Å². The second-order valence-corrected chi connectivity index (χ2v) is 5.88. The molecule has 84 valence electrons. The Balaban J connectivity index is 3.38. The Morgan fingerprint density at radius 1 is 1.13 bits per heavy atom. The van der Waals surface area contributed by atoms with E-state index in [2.05, 4.69) is 0 Å². The van der Waals surface area contributed by atoms with Gasteiger partial charge in [0.25, 0.3) is 0 Å². The summed E-state index contributed by atoms with van der Waals surface area (Å²) in [5.74, 6) is 0.0116. The largest absolute Gasteiger partial charge is 0.329 e. The van der Waals surface area contributed by atoms with Gasteiger partial charge in [-0.1, -0.05) is 17.7 Å². The molecular formula is C11H17NO2S. The molecule has 0 aliphatic heterocycles. The van der Waals surface area contributed by atoms with Gasteiger partial charge in [-0.15, -0.1) is 0 Å². The number of hydrogen-bond donors (Lipinski definition) is 1. The molecule has 0 amide bonds. The molecule has 0 fully saturated rings. The van der Waals surface area contributed by atoms with E-state index < -0.39 is 9.84 Å². The number of benzene rings is 1. The first kappa shape index (κ1) is 12.2. The molecule has 0 atom stereocenters. The van der Waals surface area contributed by atoms with Crippen LogP contribution in [0.25, 0.3) is 0 Å². The fourth-order valence-corrected chi connectivity index (χ4v) is 3.53. The number of nitrogens with two attached hydrogens (primary N) is 1. The summed E-state index contributed by atoms with van der Waals surface area (Å²) in [6, 6.07) is 3.77. The van der Waals surface area contributed by atoms with Crippen LogP contribution < -0.4 is 5.73 Å². The number of sulfone groups is 1. The molecule has 0 saturated carbocycles. The van der Waals surface area contributed by atoms with Crippen molar-refractivity contribution in [2.75, 3.05) is 12.3 Å². The molecule has 0 heterocycles. The van der Waals surface area contributed by atoms with Gasteiger partial charge in [-0.05, 0) is 31.9 Å². The van der Waals surface area contributed by atoms with Crippen LogP contribution in [0, 0.1) is 20.8 Å². The van der Waals surface area contributed by atoms with E-state index >= 15 is 0 Å². The molecule has 1 aromatic carbocycles. The Labute approximate surface area is 91.2 Å². The molecule has 0 spiro atoms. The zero-order chi connectivity index (χ0) is 11.6. The average Bonchev–Trinajstić information content (AvgIpc) is 1.99. The number of rotatable bonds is 3. The van der Waals surface area contributed by atoms with E-state index in [0.717, 1.165) is 16.7 Å². The lowest BCUT2D eigenvalue weighted by Gasteiger charge is -2.11. The Morgan fingerprint density at radius 2 is 1.60 bits per heavy atom. The first-order valence-corrected chi connectivity index (χ1v) is 6.54. The van der Waals surface area contributed by atoms with E-state index in [9.17, 15) is 8.42 Å². The molecule has 4 heteroatoms. The highest BCUT2D eigenvalue weighted by Gasteiger charge is 2.18. The molecule has 0 bridgehead atoms. The Morgan fingerprint density at radius 3 is 2.00 bits per heavy atom. The van der Waals surface area contributed by atoms with Gasteiger partial charge < -0.3 is 5.73 Å². The van der Waals surface area contributed by atoms with Crippen LogP contribution in [0.15, 0.2) is 17.0 Å². The highest BCUT2D eigenvalue weighted by Crippen LogP contribution is 2.22. The second-order valence-electron chi connectivity index (χ2n) is 3.84. The van der Waals surface area contributed by atoms with Crippen LogP contribution in [0.4, 0.5) is 0 Å². The van der Waals surface area contributed by atoms with Gasteiger partial charge in [0.15, 0.2) is 9.84 Å². The van der Waals surface area contributed by atoms with Crippen LogP contribution in [0.3, 0.4) is 0 Å². The molecule has 2 N–H and O–H groups in total. The first-order valence-electron chi connectivity index (χ1n) is 4.89. The summed E-state index contributed by atoms with van der Waals surface area (Å²) >= 11 is 0. The van der Waals surface area contributed by atoms with Crippen molar-refractivity contribution >= 4 is 9.84 Å². The lowest BCUT2D eigenvalue weighted by molar-refractivity contribution is 0.594. The van der Waals surface area contributed by atoms with Crippen molar-refractivity contribution in [2.24, 2.45) is 5.73 Å². The van der Waals surface area contributed by atoms with Gasteiger partial charge in [0.05, 0.1) is 10.6 Å². The SMILES string of the molecule is Cc1cc(C)c(S(=O)(=O)CCN)c(C)c1. The molecule has 0 radical (unpaired) electrons. The zero-order valence-corrected chi connectivity index (χ0v) is 10.2. The third-order valence-electron chi connectivity index (χ3n) is 2.30. The van der Waals surface area contributed by atoms with Gasteiger partial charge in [-0.2, -0.15) is 0 Å². The lowest BCUT2D eigenvalue weighted by atomic mass is 10.1. The average molecular weight is 227 g/mol. The van der Waals surface area contributed by atoms with Crippen molar-refractivity contribution in [3.05, 3.63) is 28.8 Å². The summed E-state index contributed by atoms with van der Waals surface area (Å²) in [6.07, 6.45) is 0. The highest BCUT2D eigenvalue weighted by atomic mass is 32.2. The molecule has 0 saturated heterocycles. The second kappa shape index (κ2) is 4.33. The summed E-state index contributed by atoms with van der Waals surface area (Å²) in [5, 5.41) is 0. The number of hydrogen-bond acceptors (Lipinski definition) is 3. The molecule has 1 aromatic rings. The molecule has 0 unspecified atom stereocenters. The highest BCUT2D eigenvalue weighted by molar-refractivity contribution is 7.91. The van der Waals surface area contributed by atoms with Crippen LogP contribution in [-0.2, 0) is 9.84 Å². The monoisotopic (exact) mass is 227 g/mol. The predicted molar refractivity (Wildman–Crippen MR) is 61.8 cm³/mol. The van der Waals surface area contributed by atoms with Crippen molar-refractivity contribution in [2.45, 2.75) is 25.7 Å². The third-order valence-corrected chi connectivity index (χ3v) is 4.34. The van der Waals surface area contributed by atoms with Crippen molar-refractivity contribution < 1.29 is 8.42 Å². The minimum absolute atomic E-state index is 0.0116. The van der Waals surface area contributed by atoms with Crippen molar-refractivity contribution in [3.63, 3.8) is 0 Å². The smallest absolute Gasteiger partial charge is 0.180 e.